The van der Waals surface area contributed by atoms with Gasteiger partial charge in [-0.15, -0.1) is 0 Å². The van der Waals surface area contributed by atoms with Crippen molar-refractivity contribution in [3.05, 3.63) is 36.5 Å². The number of nitrogens with one attached hydrogen (secondary N) is 1. The van der Waals surface area contributed by atoms with Crippen LogP contribution in [0.25, 0.3) is 0 Å². The third-order valence-corrected chi connectivity index (χ3v) is 20.4. The second-order valence-electron chi connectivity index (χ2n) is 29.9. The molecule has 2 unspecified atom stereocenters. The summed E-state index contributed by atoms with van der Waals surface area (Å²) in [6, 6.07) is -0.542. The molecule has 0 saturated carbocycles. The summed E-state index contributed by atoms with van der Waals surface area (Å²) >= 11 is 0. The average Bonchev–Trinajstić information content (AvgIpc) is 3.67. The van der Waals surface area contributed by atoms with Crippen LogP contribution in [0.15, 0.2) is 36.5 Å². The molecule has 0 rings (SSSR count). The van der Waals surface area contributed by atoms with E-state index in [1.807, 2.05) is 0 Å². The van der Waals surface area contributed by atoms with Gasteiger partial charge in [0.25, 0.3) is 0 Å². The van der Waals surface area contributed by atoms with Crippen molar-refractivity contribution in [1.82, 2.24) is 5.32 Å². The molecule has 0 bridgehead atoms. The minimum atomic E-state index is -0.665. The first-order chi connectivity index (χ1) is 46.5. The highest BCUT2D eigenvalue weighted by Crippen LogP contribution is 2.21. The maximum Gasteiger partial charge on any atom is 0.305 e. The van der Waals surface area contributed by atoms with Crippen LogP contribution in [0.2, 0.25) is 0 Å². The van der Waals surface area contributed by atoms with Gasteiger partial charge in [0.05, 0.1) is 25.4 Å². The Balaban J connectivity index is 3.37. The monoisotopic (exact) mass is 1320 g/mol. The maximum absolute atomic E-state index is 12.6. The lowest BCUT2D eigenvalue weighted by atomic mass is 10.0. The number of hydrogen-bond acceptors (Lipinski definition) is 5. The predicted molar refractivity (Wildman–Crippen MR) is 416 cm³/mol. The Bertz CT molecular complexity index is 1520. The molecule has 0 fully saturated rings. The van der Waals surface area contributed by atoms with Crippen molar-refractivity contribution >= 4 is 11.9 Å². The Labute approximate surface area is 589 Å². The number of rotatable bonds is 82. The van der Waals surface area contributed by atoms with E-state index in [-0.39, 0.29) is 18.5 Å². The van der Waals surface area contributed by atoms with Crippen LogP contribution in [-0.2, 0) is 14.3 Å². The van der Waals surface area contributed by atoms with Gasteiger partial charge in [0.15, 0.2) is 0 Å². The molecule has 0 aliphatic heterocycles. The number of unbranched alkanes of at least 4 members (excludes halogenated alkanes) is 65. The number of allylic oxidation sites excluding steroid dienone is 6. The fraction of sp³-hybridized carbons (Fsp3) is 0.909. The van der Waals surface area contributed by atoms with Gasteiger partial charge in [0.2, 0.25) is 5.91 Å². The van der Waals surface area contributed by atoms with Crippen molar-refractivity contribution in [1.29, 1.82) is 0 Å². The molecule has 6 heteroatoms. The Hall–Kier alpha value is -1.92. The largest absolute Gasteiger partial charge is 0.466 e. The smallest absolute Gasteiger partial charge is 0.305 e. The SMILES string of the molecule is CCCCCCCC/C=C\CCCCCCCCCC(=O)OCCCCCCCCCCCCC/C=C\C/C=C\CCCCCCCCCCCCCCCCCCCC(=O)NC(CO)C(O)CCCCCCCCCCCCCCCCCCCCCCCCCCC. The van der Waals surface area contributed by atoms with Crippen molar-refractivity contribution in [2.45, 2.75) is 501 Å². The molecule has 0 spiro atoms. The zero-order chi connectivity index (χ0) is 67.7. The van der Waals surface area contributed by atoms with E-state index in [1.165, 1.54) is 405 Å². The van der Waals surface area contributed by atoms with E-state index in [0.29, 0.717) is 25.9 Å². The number of aliphatic hydroxyl groups excluding tert-OH is 2. The van der Waals surface area contributed by atoms with Crippen LogP contribution in [0.3, 0.4) is 0 Å². The van der Waals surface area contributed by atoms with Gasteiger partial charge in [0.1, 0.15) is 0 Å². The zero-order valence-corrected chi connectivity index (χ0v) is 64.0. The van der Waals surface area contributed by atoms with E-state index in [2.05, 4.69) is 55.6 Å². The van der Waals surface area contributed by atoms with Gasteiger partial charge in [-0.25, -0.2) is 0 Å². The molecule has 0 aromatic carbocycles. The lowest BCUT2D eigenvalue weighted by Gasteiger charge is -2.22. The molecule has 0 aliphatic rings. The lowest BCUT2D eigenvalue weighted by molar-refractivity contribution is -0.143. The van der Waals surface area contributed by atoms with E-state index >= 15 is 0 Å². The van der Waals surface area contributed by atoms with Gasteiger partial charge in [-0.3, -0.25) is 9.59 Å². The molecule has 6 nitrogen and oxygen atoms in total. The molecule has 556 valence electrons. The fourth-order valence-electron chi connectivity index (χ4n) is 13.8. The number of esters is 1. The molecule has 0 radical (unpaired) electrons. The molecule has 2 atom stereocenters. The second kappa shape index (κ2) is 83.5. The number of ether oxygens (including phenoxy) is 1. The van der Waals surface area contributed by atoms with Crippen molar-refractivity contribution in [2.75, 3.05) is 13.2 Å². The first-order valence-electron chi connectivity index (χ1n) is 43.2. The highest BCUT2D eigenvalue weighted by atomic mass is 16.5. The predicted octanol–water partition coefficient (Wildman–Crippen LogP) is 28.9. The molecular formula is C88H169NO5. The van der Waals surface area contributed by atoms with Gasteiger partial charge in [-0.2, -0.15) is 0 Å². The molecular weight excluding hydrogens is 1150 g/mol. The molecule has 3 N–H and O–H groups in total. The first kappa shape index (κ1) is 92.1. The summed E-state index contributed by atoms with van der Waals surface area (Å²) in [6.07, 6.45) is 110. The molecule has 0 aromatic rings. The number of hydrogen-bond donors (Lipinski definition) is 3. The summed E-state index contributed by atoms with van der Waals surface area (Å²) in [5.41, 5.74) is 0. The van der Waals surface area contributed by atoms with Gasteiger partial charge < -0.3 is 20.3 Å². The minimum Gasteiger partial charge on any atom is -0.466 e. The zero-order valence-electron chi connectivity index (χ0n) is 64.0. The summed E-state index contributed by atoms with van der Waals surface area (Å²) in [5, 5.41) is 23.5. The van der Waals surface area contributed by atoms with Crippen LogP contribution in [-0.4, -0.2) is 47.4 Å². The topological polar surface area (TPSA) is 95.9 Å². The number of carbonyl (C=O) groups excluding carboxylic acids is 2. The van der Waals surface area contributed by atoms with Gasteiger partial charge in [-0.05, 0) is 83.5 Å². The Kier molecular flexibility index (Phi) is 81.8. The van der Waals surface area contributed by atoms with E-state index < -0.39 is 12.1 Å². The van der Waals surface area contributed by atoms with Crippen molar-refractivity contribution in [3.63, 3.8) is 0 Å². The third-order valence-electron chi connectivity index (χ3n) is 20.4. The van der Waals surface area contributed by atoms with Crippen LogP contribution in [0.1, 0.15) is 489 Å². The highest BCUT2D eigenvalue weighted by Gasteiger charge is 2.20. The summed E-state index contributed by atoms with van der Waals surface area (Å²) in [4.78, 5) is 24.7. The van der Waals surface area contributed by atoms with Gasteiger partial charge >= 0.3 is 5.97 Å². The number of aliphatic hydroxyl groups is 2. The number of carbonyl (C=O) groups is 2. The summed E-state index contributed by atoms with van der Waals surface area (Å²) < 4.78 is 5.51. The normalized spacial score (nSPS) is 12.6. The number of amides is 1. The first-order valence-corrected chi connectivity index (χ1v) is 43.2. The molecule has 1 amide bonds. The van der Waals surface area contributed by atoms with Crippen molar-refractivity contribution in [3.8, 4) is 0 Å². The summed E-state index contributed by atoms with van der Waals surface area (Å²) in [5.74, 6) is -0.0121. The van der Waals surface area contributed by atoms with Crippen LogP contribution in [0.5, 0.6) is 0 Å². The van der Waals surface area contributed by atoms with E-state index in [1.54, 1.807) is 0 Å². The fourth-order valence-corrected chi connectivity index (χ4v) is 13.8. The molecule has 94 heavy (non-hydrogen) atoms. The molecule has 0 aliphatic carbocycles. The molecule has 0 aromatic heterocycles. The van der Waals surface area contributed by atoms with Crippen molar-refractivity contribution < 1.29 is 24.5 Å². The Morgan fingerprint density at radius 2 is 0.532 bits per heavy atom. The van der Waals surface area contributed by atoms with E-state index in [0.717, 1.165) is 51.4 Å². The van der Waals surface area contributed by atoms with Crippen LogP contribution < -0.4 is 5.32 Å². The van der Waals surface area contributed by atoms with E-state index in [4.69, 9.17) is 4.74 Å². The summed E-state index contributed by atoms with van der Waals surface area (Å²) in [7, 11) is 0. The lowest BCUT2D eigenvalue weighted by Crippen LogP contribution is -2.45. The quantitative estimate of drug-likeness (QED) is 0.0320. The van der Waals surface area contributed by atoms with Crippen LogP contribution in [0.4, 0.5) is 0 Å². The standard InChI is InChI=1S/C88H169NO5/c1-3-5-7-9-11-13-15-17-19-21-22-23-24-36-39-42-45-49-52-56-60-64-68-72-76-80-86(91)85(84-90)89-87(92)81-77-73-69-65-61-57-53-50-46-43-40-37-34-32-30-28-26-25-27-29-31-33-35-38-41-44-47-51-55-59-63-67-71-75-79-83-94-88(93)82-78-74-70-66-62-58-54-48-20-18-16-14-12-10-8-6-4-2/h18,20,27,29,33,35,85-86,90-91H,3-17,19,21-26,28,30-32,34,36-84H2,1-2H3,(H,89,92)/b20-18-,29-27-,35-33-. The maximum atomic E-state index is 12.6. The van der Waals surface area contributed by atoms with Crippen LogP contribution >= 0.6 is 0 Å². The van der Waals surface area contributed by atoms with E-state index in [9.17, 15) is 19.8 Å². The van der Waals surface area contributed by atoms with Crippen molar-refractivity contribution in [2.24, 2.45) is 0 Å². The second-order valence-corrected chi connectivity index (χ2v) is 29.9. The summed E-state index contributed by atoms with van der Waals surface area (Å²) in [6.45, 7) is 5.00. The van der Waals surface area contributed by atoms with Gasteiger partial charge in [0, 0.05) is 12.8 Å². The van der Waals surface area contributed by atoms with Gasteiger partial charge in [-0.1, -0.05) is 429 Å². The third kappa shape index (κ3) is 79.1. The Morgan fingerprint density at radius 3 is 0.819 bits per heavy atom. The Morgan fingerprint density at radius 1 is 0.298 bits per heavy atom. The minimum absolute atomic E-state index is 0.0145. The average molecular weight is 1320 g/mol. The highest BCUT2D eigenvalue weighted by molar-refractivity contribution is 5.76. The molecule has 0 heterocycles. The van der Waals surface area contributed by atoms with Crippen LogP contribution in [0, 0.1) is 0 Å². The molecule has 0 saturated heterocycles.